The maximum atomic E-state index is 14.3. The van der Waals surface area contributed by atoms with Gasteiger partial charge in [-0.1, -0.05) is 35.9 Å². The Kier molecular flexibility index (Phi) is 6.98. The number of pyridine rings is 1. The number of anilines is 1. The first-order valence-electron chi connectivity index (χ1n) is 11.8. The van der Waals surface area contributed by atoms with Crippen molar-refractivity contribution in [1.82, 2.24) is 20.1 Å². The van der Waals surface area contributed by atoms with Gasteiger partial charge in [0.05, 0.1) is 16.3 Å². The average Bonchev–Trinajstić information content (AvgIpc) is 3.51. The third-order valence-electron chi connectivity index (χ3n) is 6.24. The summed E-state index contributed by atoms with van der Waals surface area (Å²) < 4.78 is 15.8. The largest absolute Gasteiger partial charge is 0.348 e. The third-order valence-corrected chi connectivity index (χ3v) is 6.57. The molecule has 0 radical (unpaired) electrons. The van der Waals surface area contributed by atoms with Gasteiger partial charge < -0.3 is 16.4 Å². The molecule has 2 atom stereocenters. The smallest absolute Gasteiger partial charge is 0.272 e. The molecule has 8 nitrogen and oxygen atoms in total. The van der Waals surface area contributed by atoms with Gasteiger partial charge in [-0.2, -0.15) is 5.10 Å². The van der Waals surface area contributed by atoms with Crippen LogP contribution in [0.3, 0.4) is 0 Å². The summed E-state index contributed by atoms with van der Waals surface area (Å²) in [6.45, 7) is 0. The van der Waals surface area contributed by atoms with E-state index in [9.17, 15) is 14.0 Å². The summed E-state index contributed by atoms with van der Waals surface area (Å²) in [6, 6.07) is 18.0. The van der Waals surface area contributed by atoms with Crippen molar-refractivity contribution in [2.24, 2.45) is 5.73 Å². The van der Waals surface area contributed by atoms with Crippen LogP contribution in [0.2, 0.25) is 5.02 Å². The second-order valence-electron chi connectivity index (χ2n) is 8.89. The van der Waals surface area contributed by atoms with Gasteiger partial charge in [-0.05, 0) is 55.7 Å². The van der Waals surface area contributed by atoms with E-state index in [0.29, 0.717) is 17.7 Å². The number of aromatic nitrogens is 3. The van der Waals surface area contributed by atoms with Crippen molar-refractivity contribution < 1.29 is 14.0 Å². The van der Waals surface area contributed by atoms with Crippen LogP contribution in [0.25, 0.3) is 16.9 Å². The fourth-order valence-electron chi connectivity index (χ4n) is 4.38. The Bertz CT molecular complexity index is 1460. The molecule has 0 bridgehead atoms. The monoisotopic (exact) mass is 518 g/mol. The molecular weight excluding hydrogens is 495 g/mol. The van der Waals surface area contributed by atoms with Crippen LogP contribution >= 0.6 is 11.6 Å². The van der Waals surface area contributed by atoms with Crippen LogP contribution in [0, 0.1) is 5.82 Å². The zero-order valence-corrected chi connectivity index (χ0v) is 20.5. The summed E-state index contributed by atoms with van der Waals surface area (Å²) in [7, 11) is 0. The predicted octanol–water partition coefficient (Wildman–Crippen LogP) is 4.59. The summed E-state index contributed by atoms with van der Waals surface area (Å²) in [5.74, 6) is -1.14. The molecule has 5 rings (SSSR count). The van der Waals surface area contributed by atoms with Gasteiger partial charge in [-0.25, -0.2) is 9.07 Å². The number of hydrogen-bond donors (Lipinski definition) is 3. The van der Waals surface area contributed by atoms with Crippen LogP contribution in [0.4, 0.5) is 10.2 Å². The van der Waals surface area contributed by atoms with Gasteiger partial charge in [0.2, 0.25) is 0 Å². The van der Waals surface area contributed by atoms with Crippen LogP contribution in [-0.4, -0.2) is 38.7 Å². The van der Waals surface area contributed by atoms with Crippen LogP contribution < -0.4 is 16.4 Å². The highest BCUT2D eigenvalue weighted by Gasteiger charge is 2.26. The van der Waals surface area contributed by atoms with E-state index in [0.717, 1.165) is 12.8 Å². The van der Waals surface area contributed by atoms with E-state index >= 15 is 0 Å². The second-order valence-corrected chi connectivity index (χ2v) is 9.30. The lowest BCUT2D eigenvalue weighted by atomic mass is 10.1. The van der Waals surface area contributed by atoms with Crippen molar-refractivity contribution in [3.05, 3.63) is 95.0 Å². The molecule has 2 aromatic heterocycles. The van der Waals surface area contributed by atoms with Gasteiger partial charge in [0.15, 0.2) is 5.69 Å². The topological polar surface area (TPSA) is 115 Å². The van der Waals surface area contributed by atoms with Crippen molar-refractivity contribution in [3.8, 4) is 16.9 Å². The SMILES string of the molecule is N[C@@H]1CC[C@@H](NC(=O)c2cc(NC(=O)c3cc(-c4ncccc4F)ccc3Cl)n(-c3ccccc3)n2)C1. The Labute approximate surface area is 217 Å². The number of rotatable bonds is 6. The number of carbonyl (C=O) groups is 2. The summed E-state index contributed by atoms with van der Waals surface area (Å²) in [5.41, 5.74) is 7.39. The van der Waals surface area contributed by atoms with E-state index in [-0.39, 0.29) is 45.8 Å². The minimum absolute atomic E-state index is 0.0176. The van der Waals surface area contributed by atoms with E-state index in [2.05, 4.69) is 20.7 Å². The lowest BCUT2D eigenvalue weighted by molar-refractivity contribution is 0.0931. The molecule has 1 saturated carbocycles. The van der Waals surface area contributed by atoms with Crippen LogP contribution in [0.15, 0.2) is 72.9 Å². The van der Waals surface area contributed by atoms with Crippen LogP contribution in [0.5, 0.6) is 0 Å². The molecule has 2 heterocycles. The number of carbonyl (C=O) groups excluding carboxylic acids is 2. The molecule has 0 unspecified atom stereocenters. The molecule has 1 aliphatic carbocycles. The van der Waals surface area contributed by atoms with E-state index in [4.69, 9.17) is 17.3 Å². The molecule has 0 spiro atoms. The fraction of sp³-hybridized carbons (Fsp3) is 0.185. The summed E-state index contributed by atoms with van der Waals surface area (Å²) in [6.07, 6.45) is 3.84. The van der Waals surface area contributed by atoms with Crippen LogP contribution in [-0.2, 0) is 0 Å². The number of benzene rings is 2. The highest BCUT2D eigenvalue weighted by molar-refractivity contribution is 6.34. The summed E-state index contributed by atoms with van der Waals surface area (Å²) in [5, 5.41) is 10.4. The zero-order chi connectivity index (χ0) is 25.9. The summed E-state index contributed by atoms with van der Waals surface area (Å²) in [4.78, 5) is 30.3. The maximum Gasteiger partial charge on any atom is 0.272 e. The number of amides is 2. The van der Waals surface area contributed by atoms with Gasteiger partial charge in [0.1, 0.15) is 17.3 Å². The van der Waals surface area contributed by atoms with Gasteiger partial charge >= 0.3 is 0 Å². The number of halogens is 2. The molecular formula is C27H24ClFN6O2. The molecule has 1 aliphatic rings. The number of nitrogens with one attached hydrogen (secondary N) is 2. The highest BCUT2D eigenvalue weighted by atomic mass is 35.5. The Morgan fingerprint density at radius 1 is 1.03 bits per heavy atom. The van der Waals surface area contributed by atoms with Gasteiger partial charge in [0.25, 0.3) is 11.8 Å². The van der Waals surface area contributed by atoms with E-state index < -0.39 is 11.7 Å². The molecule has 10 heteroatoms. The average molecular weight is 519 g/mol. The van der Waals surface area contributed by atoms with E-state index in [1.165, 1.54) is 41.2 Å². The normalized spacial score (nSPS) is 16.9. The predicted molar refractivity (Wildman–Crippen MR) is 139 cm³/mol. The Morgan fingerprint density at radius 3 is 2.57 bits per heavy atom. The fourth-order valence-corrected chi connectivity index (χ4v) is 4.59. The van der Waals surface area contributed by atoms with E-state index in [1.54, 1.807) is 18.2 Å². The summed E-state index contributed by atoms with van der Waals surface area (Å²) >= 11 is 6.33. The lowest BCUT2D eigenvalue weighted by Gasteiger charge is -2.11. The standard InChI is InChI=1S/C27H24ClFN6O2/c28-21-11-8-16(25-22(29)7-4-12-31-25)13-20(21)26(36)33-24-15-23(27(37)32-18-10-9-17(30)14-18)34-35(24)19-5-2-1-3-6-19/h1-8,11-13,15,17-18H,9-10,14,30H2,(H,32,37)(H,33,36)/t17-,18-/m1/s1. The molecule has 37 heavy (non-hydrogen) atoms. The van der Waals surface area contributed by atoms with Crippen molar-refractivity contribution in [3.63, 3.8) is 0 Å². The minimum atomic E-state index is -0.547. The molecule has 1 fully saturated rings. The van der Waals surface area contributed by atoms with Gasteiger partial charge in [-0.15, -0.1) is 0 Å². The molecule has 2 amide bonds. The number of nitrogens with two attached hydrogens (primary N) is 1. The van der Waals surface area contributed by atoms with Crippen molar-refractivity contribution >= 4 is 29.2 Å². The molecule has 0 saturated heterocycles. The molecule has 4 aromatic rings. The molecule has 4 N–H and O–H groups in total. The lowest BCUT2D eigenvalue weighted by Crippen LogP contribution is -2.34. The Hall–Kier alpha value is -4.08. The third kappa shape index (κ3) is 5.37. The first-order valence-corrected chi connectivity index (χ1v) is 12.2. The van der Waals surface area contributed by atoms with Crippen molar-refractivity contribution in [2.45, 2.75) is 31.3 Å². The minimum Gasteiger partial charge on any atom is -0.348 e. The molecule has 0 aliphatic heterocycles. The number of nitrogens with zero attached hydrogens (tertiary/aromatic N) is 3. The number of hydrogen-bond acceptors (Lipinski definition) is 5. The van der Waals surface area contributed by atoms with E-state index in [1.807, 2.05) is 18.2 Å². The first kappa shape index (κ1) is 24.6. The Balaban J connectivity index is 1.45. The van der Waals surface area contributed by atoms with Crippen molar-refractivity contribution in [1.29, 1.82) is 0 Å². The quantitative estimate of drug-likeness (QED) is 0.345. The van der Waals surface area contributed by atoms with Crippen molar-refractivity contribution in [2.75, 3.05) is 5.32 Å². The van der Waals surface area contributed by atoms with Crippen LogP contribution in [0.1, 0.15) is 40.1 Å². The number of para-hydroxylation sites is 1. The first-order chi connectivity index (χ1) is 17.9. The molecule has 188 valence electrons. The second kappa shape index (κ2) is 10.5. The van der Waals surface area contributed by atoms with Gasteiger partial charge in [-0.3, -0.25) is 14.6 Å². The van der Waals surface area contributed by atoms with Gasteiger partial charge in [0, 0.05) is 29.9 Å². The Morgan fingerprint density at radius 2 is 1.84 bits per heavy atom. The molecule has 2 aromatic carbocycles. The zero-order valence-electron chi connectivity index (χ0n) is 19.7. The maximum absolute atomic E-state index is 14.3. The highest BCUT2D eigenvalue weighted by Crippen LogP contribution is 2.27.